The van der Waals surface area contributed by atoms with E-state index in [9.17, 15) is 4.79 Å². The molecule has 1 aromatic heterocycles. The van der Waals surface area contributed by atoms with Gasteiger partial charge in [0.2, 0.25) is 0 Å². The van der Waals surface area contributed by atoms with E-state index in [-0.39, 0.29) is 12.8 Å². The van der Waals surface area contributed by atoms with Crippen molar-refractivity contribution in [2.45, 2.75) is 6.92 Å². The summed E-state index contributed by atoms with van der Waals surface area (Å²) in [5, 5.41) is 5.80. The molecule has 0 bridgehead atoms. The van der Waals surface area contributed by atoms with E-state index in [2.05, 4.69) is 15.6 Å². The number of benzene rings is 1. The van der Waals surface area contributed by atoms with Crippen LogP contribution >= 0.6 is 11.6 Å². The van der Waals surface area contributed by atoms with Gasteiger partial charge in [-0.25, -0.2) is 9.78 Å². The lowest BCUT2D eigenvalue weighted by Crippen LogP contribution is -2.32. The molecule has 0 spiro atoms. The van der Waals surface area contributed by atoms with Crippen molar-refractivity contribution in [3.63, 3.8) is 0 Å². The molecule has 0 saturated heterocycles. The summed E-state index contributed by atoms with van der Waals surface area (Å²) in [6.07, 6.45) is 1.68. The molecule has 0 fully saturated rings. The Morgan fingerprint density at radius 2 is 2.00 bits per heavy atom. The number of anilines is 1. The van der Waals surface area contributed by atoms with Gasteiger partial charge in [0.05, 0.1) is 0 Å². The minimum atomic E-state index is -0.379. The summed E-state index contributed by atoms with van der Waals surface area (Å²) in [6.45, 7) is 1.98. The van der Waals surface area contributed by atoms with Crippen molar-refractivity contribution in [1.82, 2.24) is 10.3 Å². The number of hydrogen-bond donors (Lipinski definition) is 2. The Labute approximate surface area is 121 Å². The number of aryl methyl sites for hydroxylation is 1. The molecular weight excluding hydrogens is 278 g/mol. The van der Waals surface area contributed by atoms with Gasteiger partial charge >= 0.3 is 6.03 Å². The molecule has 2 rings (SSSR count). The summed E-state index contributed by atoms with van der Waals surface area (Å²) < 4.78 is 5.34. The molecule has 20 heavy (non-hydrogen) atoms. The van der Waals surface area contributed by atoms with E-state index in [1.54, 1.807) is 36.5 Å². The van der Waals surface area contributed by atoms with Crippen LogP contribution in [-0.2, 0) is 0 Å². The van der Waals surface area contributed by atoms with Gasteiger partial charge in [0.25, 0.3) is 0 Å². The van der Waals surface area contributed by atoms with E-state index in [0.717, 1.165) is 5.56 Å². The first-order chi connectivity index (χ1) is 9.63. The first-order valence-corrected chi connectivity index (χ1v) is 6.37. The number of carbonyl (C=O) groups is 1. The van der Waals surface area contributed by atoms with Gasteiger partial charge in [0.15, 0.2) is 6.73 Å². The van der Waals surface area contributed by atoms with Crippen LogP contribution in [-0.4, -0.2) is 17.7 Å². The number of amides is 2. The minimum absolute atomic E-state index is 0.0549. The molecule has 0 aliphatic heterocycles. The zero-order chi connectivity index (χ0) is 14.4. The van der Waals surface area contributed by atoms with Crippen LogP contribution in [0.5, 0.6) is 5.75 Å². The molecule has 2 N–H and O–H groups in total. The maximum atomic E-state index is 11.6. The number of nitrogens with zero attached hydrogens (tertiary/aromatic N) is 1. The highest BCUT2D eigenvalue weighted by atomic mass is 35.5. The van der Waals surface area contributed by atoms with Gasteiger partial charge in [-0.3, -0.25) is 5.32 Å². The van der Waals surface area contributed by atoms with Crippen LogP contribution < -0.4 is 15.4 Å². The predicted molar refractivity (Wildman–Crippen MR) is 78.1 cm³/mol. The van der Waals surface area contributed by atoms with Gasteiger partial charge in [0, 0.05) is 11.2 Å². The summed E-state index contributed by atoms with van der Waals surface area (Å²) in [6, 6.07) is 10.1. The molecule has 2 aromatic rings. The monoisotopic (exact) mass is 291 g/mol. The number of aromatic nitrogens is 1. The fraction of sp³-hybridized carbons (Fsp3) is 0.143. The molecule has 0 saturated carbocycles. The van der Waals surface area contributed by atoms with Gasteiger partial charge in [-0.15, -0.1) is 0 Å². The minimum Gasteiger partial charge on any atom is -0.473 e. The van der Waals surface area contributed by atoms with E-state index in [1.165, 1.54) is 0 Å². The van der Waals surface area contributed by atoms with Crippen LogP contribution in [0.4, 0.5) is 10.6 Å². The fourth-order valence-electron chi connectivity index (χ4n) is 1.42. The largest absolute Gasteiger partial charge is 0.473 e. The Morgan fingerprint density at radius 3 is 2.65 bits per heavy atom. The molecular formula is C14H14ClN3O2. The zero-order valence-electron chi connectivity index (χ0n) is 10.9. The molecule has 2 amide bonds. The van der Waals surface area contributed by atoms with Gasteiger partial charge in [-0.05, 0) is 42.8 Å². The van der Waals surface area contributed by atoms with Crippen LogP contribution in [0.2, 0.25) is 5.02 Å². The fourth-order valence-corrected chi connectivity index (χ4v) is 1.54. The van der Waals surface area contributed by atoms with Gasteiger partial charge in [-0.2, -0.15) is 0 Å². The lowest BCUT2D eigenvalue weighted by Gasteiger charge is -2.09. The highest BCUT2D eigenvalue weighted by molar-refractivity contribution is 6.30. The second kappa shape index (κ2) is 6.77. The first-order valence-electron chi connectivity index (χ1n) is 5.99. The van der Waals surface area contributed by atoms with Gasteiger partial charge in [-0.1, -0.05) is 17.7 Å². The van der Waals surface area contributed by atoms with Crippen LogP contribution in [0.25, 0.3) is 0 Å². The van der Waals surface area contributed by atoms with E-state index in [0.29, 0.717) is 16.6 Å². The third kappa shape index (κ3) is 4.44. The number of ether oxygens (including phenoxy) is 1. The summed E-state index contributed by atoms with van der Waals surface area (Å²) >= 11 is 5.76. The third-order valence-corrected chi connectivity index (χ3v) is 2.69. The van der Waals surface area contributed by atoms with E-state index in [1.807, 2.05) is 13.0 Å². The molecule has 1 heterocycles. The van der Waals surface area contributed by atoms with E-state index >= 15 is 0 Å². The second-order valence-corrected chi connectivity index (χ2v) is 4.53. The summed E-state index contributed by atoms with van der Waals surface area (Å²) in [4.78, 5) is 15.6. The molecule has 0 radical (unpaired) electrons. The van der Waals surface area contributed by atoms with Crippen molar-refractivity contribution in [3.05, 3.63) is 53.2 Å². The first kappa shape index (κ1) is 14.1. The number of carbonyl (C=O) groups excluding carboxylic acids is 1. The van der Waals surface area contributed by atoms with Crippen LogP contribution in [0.3, 0.4) is 0 Å². The quantitative estimate of drug-likeness (QED) is 0.850. The van der Waals surface area contributed by atoms with Gasteiger partial charge < -0.3 is 10.1 Å². The zero-order valence-corrected chi connectivity index (χ0v) is 11.6. The number of hydrogen-bond acceptors (Lipinski definition) is 3. The van der Waals surface area contributed by atoms with E-state index < -0.39 is 0 Å². The van der Waals surface area contributed by atoms with E-state index in [4.69, 9.17) is 16.3 Å². The van der Waals surface area contributed by atoms with Crippen molar-refractivity contribution < 1.29 is 9.53 Å². The molecule has 0 aliphatic rings. The normalized spacial score (nSPS) is 9.90. The smallest absolute Gasteiger partial charge is 0.323 e. The summed E-state index contributed by atoms with van der Waals surface area (Å²) in [7, 11) is 0. The molecule has 0 atom stereocenters. The van der Waals surface area contributed by atoms with Crippen molar-refractivity contribution in [1.29, 1.82) is 0 Å². The molecule has 6 heteroatoms. The number of nitrogens with one attached hydrogen (secondary N) is 2. The third-order valence-electron chi connectivity index (χ3n) is 2.44. The number of rotatable bonds is 4. The Kier molecular flexibility index (Phi) is 4.79. The van der Waals surface area contributed by atoms with Crippen LogP contribution in [0.15, 0.2) is 42.6 Å². The Hall–Kier alpha value is -2.27. The number of urea groups is 1. The van der Waals surface area contributed by atoms with Crippen molar-refractivity contribution in [2.24, 2.45) is 0 Å². The number of pyridine rings is 1. The predicted octanol–water partition coefficient (Wildman–Crippen LogP) is 3.20. The van der Waals surface area contributed by atoms with Crippen LogP contribution in [0.1, 0.15) is 5.56 Å². The summed E-state index contributed by atoms with van der Waals surface area (Å²) in [5.41, 5.74) is 1.03. The Bertz CT molecular complexity index is 570. The molecule has 5 nitrogen and oxygen atoms in total. The topological polar surface area (TPSA) is 63.2 Å². The average molecular weight is 292 g/mol. The molecule has 0 unspecified atom stereocenters. The maximum absolute atomic E-state index is 11.6. The van der Waals surface area contributed by atoms with Crippen molar-refractivity contribution >= 4 is 23.4 Å². The Morgan fingerprint density at radius 1 is 1.25 bits per heavy atom. The molecule has 0 aliphatic carbocycles. The number of halogens is 1. The van der Waals surface area contributed by atoms with Crippen molar-refractivity contribution in [3.8, 4) is 5.75 Å². The highest BCUT2D eigenvalue weighted by Crippen LogP contribution is 2.14. The standard InChI is InChI=1S/C14H14ClN3O2/c1-10-2-7-13(16-8-10)18-14(19)17-9-20-12-5-3-11(15)4-6-12/h2-8H,9H2,1H3,(H2,16,17,18,19). The summed E-state index contributed by atoms with van der Waals surface area (Å²) in [5.74, 6) is 1.11. The second-order valence-electron chi connectivity index (χ2n) is 4.09. The lowest BCUT2D eigenvalue weighted by molar-refractivity contribution is 0.234. The lowest BCUT2D eigenvalue weighted by atomic mass is 10.3. The SMILES string of the molecule is Cc1ccc(NC(=O)NCOc2ccc(Cl)cc2)nc1. The Balaban J connectivity index is 1.75. The maximum Gasteiger partial charge on any atom is 0.323 e. The van der Waals surface area contributed by atoms with Crippen molar-refractivity contribution in [2.75, 3.05) is 12.0 Å². The highest BCUT2D eigenvalue weighted by Gasteiger charge is 2.02. The van der Waals surface area contributed by atoms with Gasteiger partial charge in [0.1, 0.15) is 11.6 Å². The molecule has 104 valence electrons. The average Bonchev–Trinajstić information content (AvgIpc) is 2.44. The molecule has 1 aromatic carbocycles. The van der Waals surface area contributed by atoms with Crippen LogP contribution in [0, 0.1) is 6.92 Å².